The van der Waals surface area contributed by atoms with Gasteiger partial charge in [-0.25, -0.2) is 4.98 Å². The van der Waals surface area contributed by atoms with Crippen LogP contribution in [-0.4, -0.2) is 64.2 Å². The minimum Gasteiger partial charge on any atom is -0.483 e. The lowest BCUT2D eigenvalue weighted by molar-refractivity contribution is -0.130. The zero-order valence-corrected chi connectivity index (χ0v) is 18.5. The molecule has 1 amide bonds. The maximum Gasteiger partial charge on any atom is 0.290 e. The van der Waals surface area contributed by atoms with Gasteiger partial charge in [0.1, 0.15) is 5.82 Å². The quantitative estimate of drug-likeness (QED) is 0.552. The number of likely N-dealkylation sites (tertiary alicyclic amines) is 1. The summed E-state index contributed by atoms with van der Waals surface area (Å²) in [4.78, 5) is 29.4. The molecule has 0 saturated carbocycles. The highest BCUT2D eigenvalue weighted by Crippen LogP contribution is 2.37. The Morgan fingerprint density at radius 1 is 1.32 bits per heavy atom. The van der Waals surface area contributed by atoms with Gasteiger partial charge in [-0.2, -0.15) is 5.10 Å². The van der Waals surface area contributed by atoms with Crippen LogP contribution in [0, 0.1) is 0 Å². The highest BCUT2D eigenvalue weighted by Gasteiger charge is 2.19. The van der Waals surface area contributed by atoms with Gasteiger partial charge in [-0.1, -0.05) is 29.3 Å². The molecule has 0 spiro atoms. The second-order valence-electron chi connectivity index (χ2n) is 7.14. The van der Waals surface area contributed by atoms with Gasteiger partial charge in [-0.05, 0) is 30.5 Å². The highest BCUT2D eigenvalue weighted by atomic mass is 35.5. The maximum atomic E-state index is 12.4. The van der Waals surface area contributed by atoms with E-state index in [9.17, 15) is 4.79 Å². The summed E-state index contributed by atoms with van der Waals surface area (Å²) in [5.74, 6) is 0.934. The Balaban J connectivity index is 0.000000858. The van der Waals surface area contributed by atoms with E-state index in [1.165, 1.54) is 0 Å². The Hall–Kier alpha value is -2.84. The number of nitrogens with one attached hydrogen (secondary N) is 1. The fraction of sp³-hybridized carbons (Fsp3) is 0.333. The minimum absolute atomic E-state index is 0.196. The number of carbonyl (C=O) groups excluding carboxylic acids is 1. The van der Waals surface area contributed by atoms with Crippen LogP contribution in [0.25, 0.3) is 22.0 Å². The van der Waals surface area contributed by atoms with Crippen molar-refractivity contribution in [2.75, 3.05) is 31.6 Å². The monoisotopic (exact) mass is 463 g/mol. The standard InChI is InChI=1S/C20H21Cl2N5O.CH2O2/c1-26(9-6-18(28)27-7-2-3-8-27)17-10-15(13-11-23-24-12-13)14-4-5-16(21)19(22)20(14)25-17;2-1-3/h4-5,10-12H,2-3,6-9H2,1H3,(H,23,24);1H,(H,2,3). The van der Waals surface area contributed by atoms with E-state index in [0.29, 0.717) is 28.5 Å². The molecule has 0 radical (unpaired) electrons. The summed E-state index contributed by atoms with van der Waals surface area (Å²) < 4.78 is 0. The molecule has 2 aromatic heterocycles. The number of nitrogens with zero attached hydrogens (tertiary/aromatic N) is 4. The number of carboxylic acid groups (broad SMARTS) is 1. The van der Waals surface area contributed by atoms with Crippen molar-refractivity contribution in [3.63, 3.8) is 0 Å². The van der Waals surface area contributed by atoms with Crippen molar-refractivity contribution >= 4 is 52.3 Å². The number of aromatic nitrogens is 3. The predicted octanol–water partition coefficient (Wildman–Crippen LogP) is 4.08. The number of hydrogen-bond donors (Lipinski definition) is 2. The molecule has 1 aliphatic heterocycles. The number of amides is 1. The Morgan fingerprint density at radius 3 is 2.68 bits per heavy atom. The van der Waals surface area contributed by atoms with Crippen molar-refractivity contribution in [1.29, 1.82) is 0 Å². The smallest absolute Gasteiger partial charge is 0.290 e. The van der Waals surface area contributed by atoms with Gasteiger partial charge in [-0.3, -0.25) is 14.7 Å². The molecule has 8 nitrogen and oxygen atoms in total. The molecule has 1 saturated heterocycles. The van der Waals surface area contributed by atoms with Crippen molar-refractivity contribution < 1.29 is 14.7 Å². The molecular weight excluding hydrogens is 441 g/mol. The number of fused-ring (bicyclic) bond motifs is 1. The molecule has 10 heteroatoms. The predicted molar refractivity (Wildman–Crippen MR) is 122 cm³/mol. The number of halogens is 2. The van der Waals surface area contributed by atoms with Gasteiger partial charge in [0.25, 0.3) is 6.47 Å². The second-order valence-corrected chi connectivity index (χ2v) is 7.92. The number of carbonyl (C=O) groups is 2. The summed E-state index contributed by atoms with van der Waals surface area (Å²) in [6, 6.07) is 5.69. The second kappa shape index (κ2) is 10.5. The van der Waals surface area contributed by atoms with Crippen LogP contribution in [0.3, 0.4) is 0 Å². The summed E-state index contributed by atoms with van der Waals surface area (Å²) in [5, 5.41) is 15.6. The van der Waals surface area contributed by atoms with E-state index in [1.54, 1.807) is 12.3 Å². The van der Waals surface area contributed by atoms with Gasteiger partial charge in [0.05, 0.1) is 21.8 Å². The lowest BCUT2D eigenvalue weighted by Gasteiger charge is -2.22. The highest BCUT2D eigenvalue weighted by molar-refractivity contribution is 6.45. The van der Waals surface area contributed by atoms with E-state index < -0.39 is 0 Å². The fourth-order valence-corrected chi connectivity index (χ4v) is 3.91. The molecule has 3 aromatic rings. The van der Waals surface area contributed by atoms with Crippen molar-refractivity contribution in [2.45, 2.75) is 19.3 Å². The van der Waals surface area contributed by atoms with Crippen LogP contribution in [0.15, 0.2) is 30.6 Å². The molecule has 31 heavy (non-hydrogen) atoms. The molecule has 0 atom stereocenters. The average Bonchev–Trinajstić information content (AvgIpc) is 3.48. The van der Waals surface area contributed by atoms with E-state index >= 15 is 0 Å². The van der Waals surface area contributed by atoms with Crippen LogP contribution in [0.4, 0.5) is 5.82 Å². The van der Waals surface area contributed by atoms with Gasteiger partial charge in [0.15, 0.2) is 0 Å². The number of pyridine rings is 1. The fourth-order valence-electron chi connectivity index (χ4n) is 3.56. The van der Waals surface area contributed by atoms with E-state index in [2.05, 4.69) is 10.2 Å². The Kier molecular flexibility index (Phi) is 7.70. The molecule has 0 unspecified atom stereocenters. The lowest BCUT2D eigenvalue weighted by Crippen LogP contribution is -2.31. The third-order valence-electron chi connectivity index (χ3n) is 5.18. The molecule has 1 aromatic carbocycles. The molecule has 2 N–H and O–H groups in total. The van der Waals surface area contributed by atoms with Gasteiger partial charge in [0, 0.05) is 50.2 Å². The van der Waals surface area contributed by atoms with Crippen molar-refractivity contribution in [3.8, 4) is 11.1 Å². The number of rotatable bonds is 5. The minimum atomic E-state index is -0.250. The number of benzene rings is 1. The van der Waals surface area contributed by atoms with Crippen LogP contribution in [0.2, 0.25) is 10.0 Å². The molecular formula is C21H23Cl2N5O3. The first kappa shape index (κ1) is 22.8. The van der Waals surface area contributed by atoms with Gasteiger partial charge >= 0.3 is 0 Å². The van der Waals surface area contributed by atoms with Crippen LogP contribution in [-0.2, 0) is 9.59 Å². The van der Waals surface area contributed by atoms with Crippen LogP contribution in [0.5, 0.6) is 0 Å². The number of H-pyrrole nitrogens is 1. The lowest BCUT2D eigenvalue weighted by atomic mass is 10.0. The van der Waals surface area contributed by atoms with Gasteiger partial charge in [0.2, 0.25) is 5.91 Å². The van der Waals surface area contributed by atoms with E-state index in [-0.39, 0.29) is 12.4 Å². The third-order valence-corrected chi connectivity index (χ3v) is 5.97. The normalized spacial score (nSPS) is 13.1. The first-order valence-corrected chi connectivity index (χ1v) is 10.6. The molecule has 0 aliphatic carbocycles. The average molecular weight is 464 g/mol. The summed E-state index contributed by atoms with van der Waals surface area (Å²) in [6.07, 6.45) is 6.25. The van der Waals surface area contributed by atoms with Crippen molar-refractivity contribution in [2.24, 2.45) is 0 Å². The summed E-state index contributed by atoms with van der Waals surface area (Å²) >= 11 is 12.7. The molecule has 0 bridgehead atoms. The molecule has 3 heterocycles. The first-order valence-electron chi connectivity index (χ1n) is 9.81. The Bertz CT molecular complexity index is 1050. The SMILES string of the molecule is CN(CCC(=O)N1CCCC1)c1cc(-c2cn[nH]c2)c2ccc(Cl)c(Cl)c2n1.O=CO. The summed E-state index contributed by atoms with van der Waals surface area (Å²) in [5.41, 5.74) is 2.54. The van der Waals surface area contributed by atoms with Gasteiger partial charge < -0.3 is 14.9 Å². The molecule has 4 rings (SSSR count). The summed E-state index contributed by atoms with van der Waals surface area (Å²) in [6.45, 7) is 2.07. The number of aromatic amines is 1. The van der Waals surface area contributed by atoms with Gasteiger partial charge in [-0.15, -0.1) is 0 Å². The van der Waals surface area contributed by atoms with Crippen molar-refractivity contribution in [3.05, 3.63) is 40.6 Å². The third kappa shape index (κ3) is 5.26. The van der Waals surface area contributed by atoms with Crippen LogP contribution >= 0.6 is 23.2 Å². The zero-order chi connectivity index (χ0) is 22.4. The zero-order valence-electron chi connectivity index (χ0n) is 17.0. The maximum absolute atomic E-state index is 12.4. The first-order chi connectivity index (χ1) is 15.0. The largest absolute Gasteiger partial charge is 0.483 e. The van der Waals surface area contributed by atoms with Crippen molar-refractivity contribution in [1.82, 2.24) is 20.1 Å². The number of anilines is 1. The van der Waals surface area contributed by atoms with Crippen LogP contribution in [0.1, 0.15) is 19.3 Å². The molecule has 1 fully saturated rings. The molecule has 164 valence electrons. The van der Waals surface area contributed by atoms with E-state index in [1.807, 2.05) is 35.2 Å². The number of hydrogen-bond acceptors (Lipinski definition) is 5. The topological polar surface area (TPSA) is 102 Å². The van der Waals surface area contributed by atoms with E-state index in [4.69, 9.17) is 38.1 Å². The molecule has 1 aliphatic rings. The van der Waals surface area contributed by atoms with Crippen LogP contribution < -0.4 is 4.90 Å². The Labute approximate surface area is 189 Å². The Morgan fingerprint density at radius 2 is 2.03 bits per heavy atom. The van der Waals surface area contributed by atoms with E-state index in [0.717, 1.165) is 48.3 Å². The summed E-state index contributed by atoms with van der Waals surface area (Å²) in [7, 11) is 1.93.